The summed E-state index contributed by atoms with van der Waals surface area (Å²) in [6, 6.07) is 5.91. The van der Waals surface area contributed by atoms with Gasteiger partial charge in [0.15, 0.2) is 6.61 Å². The van der Waals surface area contributed by atoms with Crippen molar-refractivity contribution >= 4 is 29.5 Å². The molecule has 138 valence electrons. The summed E-state index contributed by atoms with van der Waals surface area (Å²) in [4.78, 5) is 37.6. The molecule has 0 heterocycles. The third-order valence-electron chi connectivity index (χ3n) is 3.39. The van der Waals surface area contributed by atoms with Crippen molar-refractivity contribution in [3.8, 4) is 5.75 Å². The van der Waals surface area contributed by atoms with E-state index in [2.05, 4.69) is 5.32 Å². The van der Waals surface area contributed by atoms with Crippen molar-refractivity contribution in [3.63, 3.8) is 0 Å². The van der Waals surface area contributed by atoms with Gasteiger partial charge in [0, 0.05) is 14.1 Å². The van der Waals surface area contributed by atoms with Crippen LogP contribution in [0.3, 0.4) is 0 Å². The van der Waals surface area contributed by atoms with Gasteiger partial charge in [-0.3, -0.25) is 9.59 Å². The normalized spacial score (nSPS) is 11.4. The Kier molecular flexibility index (Phi) is 8.83. The number of carbonyl (C=O) groups excluding carboxylic acids is 3. The third kappa shape index (κ3) is 6.66. The van der Waals surface area contributed by atoms with E-state index in [9.17, 15) is 14.4 Å². The molecule has 0 fully saturated rings. The van der Waals surface area contributed by atoms with E-state index in [-0.39, 0.29) is 12.5 Å². The van der Waals surface area contributed by atoms with E-state index in [1.54, 1.807) is 50.1 Å². The quantitative estimate of drug-likeness (QED) is 0.659. The lowest BCUT2D eigenvalue weighted by molar-refractivity contribution is -0.152. The number of benzene rings is 1. The zero-order valence-corrected chi connectivity index (χ0v) is 15.7. The van der Waals surface area contributed by atoms with Gasteiger partial charge in [0.05, 0.1) is 12.7 Å². The van der Waals surface area contributed by atoms with Crippen molar-refractivity contribution in [2.75, 3.05) is 39.8 Å². The van der Waals surface area contributed by atoms with Gasteiger partial charge >= 0.3 is 5.97 Å². The average molecular weight is 368 g/mol. The molecule has 1 rings (SSSR count). The van der Waals surface area contributed by atoms with Crippen LogP contribution in [0.25, 0.3) is 0 Å². The van der Waals surface area contributed by atoms with E-state index in [4.69, 9.17) is 9.47 Å². The highest BCUT2D eigenvalue weighted by atomic mass is 32.2. The summed E-state index contributed by atoms with van der Waals surface area (Å²) in [7, 11) is 4.62. The molecule has 0 aromatic heterocycles. The molecule has 8 heteroatoms. The minimum atomic E-state index is -0.833. The first-order valence-corrected chi connectivity index (χ1v) is 9.09. The maximum Gasteiger partial charge on any atom is 0.329 e. The van der Waals surface area contributed by atoms with Crippen molar-refractivity contribution < 1.29 is 23.9 Å². The summed E-state index contributed by atoms with van der Waals surface area (Å²) in [5, 5.41) is 2.66. The minimum Gasteiger partial charge on any atom is -0.496 e. The van der Waals surface area contributed by atoms with Crippen LogP contribution in [-0.2, 0) is 14.3 Å². The zero-order valence-electron chi connectivity index (χ0n) is 14.9. The van der Waals surface area contributed by atoms with E-state index in [1.165, 1.54) is 12.0 Å². The number of carbonyl (C=O) groups is 3. The fourth-order valence-electron chi connectivity index (χ4n) is 1.92. The van der Waals surface area contributed by atoms with Gasteiger partial charge < -0.3 is 19.7 Å². The minimum absolute atomic E-state index is 0.326. The Balaban J connectivity index is 2.79. The van der Waals surface area contributed by atoms with Gasteiger partial charge in [-0.15, -0.1) is 0 Å². The lowest BCUT2D eigenvalue weighted by Gasteiger charge is -2.18. The molecule has 25 heavy (non-hydrogen) atoms. The highest BCUT2D eigenvalue weighted by molar-refractivity contribution is 7.98. The van der Waals surface area contributed by atoms with E-state index in [1.807, 2.05) is 6.26 Å². The number of likely N-dealkylation sites (N-methyl/N-ethyl adjacent to an activating group) is 1. The Bertz CT molecular complexity index is 606. The predicted octanol–water partition coefficient (Wildman–Crippen LogP) is 1.18. The van der Waals surface area contributed by atoms with Crippen LogP contribution in [0, 0.1) is 0 Å². The van der Waals surface area contributed by atoms with Crippen LogP contribution in [0.4, 0.5) is 0 Å². The molecule has 0 aliphatic carbocycles. The smallest absolute Gasteiger partial charge is 0.329 e. The number of hydrogen-bond donors (Lipinski definition) is 1. The van der Waals surface area contributed by atoms with Crippen molar-refractivity contribution in [1.29, 1.82) is 0 Å². The molecule has 1 aromatic rings. The molecule has 0 spiro atoms. The van der Waals surface area contributed by atoms with Crippen LogP contribution in [-0.4, -0.2) is 68.5 Å². The molecule has 0 radical (unpaired) electrons. The average Bonchev–Trinajstić information content (AvgIpc) is 2.62. The maximum absolute atomic E-state index is 12.5. The number of esters is 1. The van der Waals surface area contributed by atoms with Crippen molar-refractivity contribution in [3.05, 3.63) is 29.8 Å². The van der Waals surface area contributed by atoms with Gasteiger partial charge in [0.25, 0.3) is 11.8 Å². The summed E-state index contributed by atoms with van der Waals surface area (Å²) < 4.78 is 10.2. The standard InChI is InChI=1S/C17H24N2O5S/c1-19(2)15(20)11-24-17(22)13(9-10-25-4)18-16(21)12-7-5-6-8-14(12)23-3/h5-8,13H,9-11H2,1-4H3,(H,18,21)/t13-/m0/s1. The molecule has 0 bridgehead atoms. The monoisotopic (exact) mass is 368 g/mol. The fourth-order valence-corrected chi connectivity index (χ4v) is 2.39. The number of thioether (sulfide) groups is 1. The molecule has 7 nitrogen and oxygen atoms in total. The third-order valence-corrected chi connectivity index (χ3v) is 4.03. The van der Waals surface area contributed by atoms with Gasteiger partial charge in [0.2, 0.25) is 0 Å². The first-order chi connectivity index (χ1) is 11.9. The lowest BCUT2D eigenvalue weighted by atomic mass is 10.1. The van der Waals surface area contributed by atoms with Crippen molar-refractivity contribution in [2.45, 2.75) is 12.5 Å². The summed E-state index contributed by atoms with van der Waals surface area (Å²) in [5.41, 5.74) is 0.330. The maximum atomic E-state index is 12.5. The van der Waals surface area contributed by atoms with E-state index in [0.717, 1.165) is 0 Å². The fraction of sp³-hybridized carbons (Fsp3) is 0.471. The summed E-state index contributed by atoms with van der Waals surface area (Å²) in [6.07, 6.45) is 2.30. The van der Waals surface area contributed by atoms with E-state index >= 15 is 0 Å². The molecule has 1 N–H and O–H groups in total. The lowest BCUT2D eigenvalue weighted by Crippen LogP contribution is -2.43. The number of nitrogens with one attached hydrogen (secondary N) is 1. The topological polar surface area (TPSA) is 84.9 Å². The van der Waals surface area contributed by atoms with Crippen LogP contribution in [0.2, 0.25) is 0 Å². The molecule has 1 aromatic carbocycles. The van der Waals surface area contributed by atoms with Crippen molar-refractivity contribution in [1.82, 2.24) is 10.2 Å². The van der Waals surface area contributed by atoms with Crippen LogP contribution < -0.4 is 10.1 Å². The Morgan fingerprint density at radius 3 is 2.52 bits per heavy atom. The highest BCUT2D eigenvalue weighted by Crippen LogP contribution is 2.17. The Morgan fingerprint density at radius 1 is 1.24 bits per heavy atom. The number of rotatable bonds is 9. The Hall–Kier alpha value is -2.22. The number of hydrogen-bond acceptors (Lipinski definition) is 6. The first-order valence-electron chi connectivity index (χ1n) is 7.70. The molecule has 0 saturated heterocycles. The highest BCUT2D eigenvalue weighted by Gasteiger charge is 2.24. The molecule has 0 aliphatic heterocycles. The second kappa shape index (κ2) is 10.6. The van der Waals surface area contributed by atoms with E-state index in [0.29, 0.717) is 23.5 Å². The SMILES string of the molecule is COc1ccccc1C(=O)N[C@@H](CCSC)C(=O)OCC(=O)N(C)C. The number of ether oxygens (including phenoxy) is 2. The number of methoxy groups -OCH3 is 1. The Labute approximate surface area is 152 Å². The summed E-state index contributed by atoms with van der Waals surface area (Å²) in [5.74, 6) is -0.312. The number of para-hydroxylation sites is 1. The summed E-state index contributed by atoms with van der Waals surface area (Å²) >= 11 is 1.55. The molecule has 1 atom stereocenters. The molecule has 2 amide bonds. The van der Waals surface area contributed by atoms with Gasteiger partial charge in [0.1, 0.15) is 11.8 Å². The molecular formula is C17H24N2O5S. The summed E-state index contributed by atoms with van der Waals surface area (Å²) in [6.45, 7) is -0.355. The molecule has 0 unspecified atom stereocenters. The number of nitrogens with zero attached hydrogens (tertiary/aromatic N) is 1. The number of amides is 2. The van der Waals surface area contributed by atoms with Gasteiger partial charge in [-0.2, -0.15) is 11.8 Å². The van der Waals surface area contributed by atoms with Gasteiger partial charge in [-0.05, 0) is 30.6 Å². The largest absolute Gasteiger partial charge is 0.496 e. The van der Waals surface area contributed by atoms with Crippen LogP contribution >= 0.6 is 11.8 Å². The second-order valence-electron chi connectivity index (χ2n) is 5.40. The Morgan fingerprint density at radius 2 is 1.92 bits per heavy atom. The first kappa shape index (κ1) is 20.8. The predicted molar refractivity (Wildman–Crippen MR) is 96.9 cm³/mol. The molecule has 0 aliphatic rings. The van der Waals surface area contributed by atoms with Crippen LogP contribution in [0.15, 0.2) is 24.3 Å². The van der Waals surface area contributed by atoms with Gasteiger partial charge in [-0.25, -0.2) is 4.79 Å². The van der Waals surface area contributed by atoms with Crippen LogP contribution in [0.1, 0.15) is 16.8 Å². The van der Waals surface area contributed by atoms with E-state index < -0.39 is 17.9 Å². The molecule has 0 saturated carbocycles. The van der Waals surface area contributed by atoms with Gasteiger partial charge in [-0.1, -0.05) is 12.1 Å². The van der Waals surface area contributed by atoms with Crippen molar-refractivity contribution in [2.24, 2.45) is 0 Å². The zero-order chi connectivity index (χ0) is 18.8. The molecular weight excluding hydrogens is 344 g/mol. The van der Waals surface area contributed by atoms with Crippen LogP contribution in [0.5, 0.6) is 5.75 Å². The second-order valence-corrected chi connectivity index (χ2v) is 6.39.